The lowest BCUT2D eigenvalue weighted by molar-refractivity contribution is 0.585. The Morgan fingerprint density at radius 2 is 2.00 bits per heavy atom. The molecule has 1 N–H and O–H groups in total. The third-order valence-electron chi connectivity index (χ3n) is 3.50. The molecule has 2 aromatic rings. The molecule has 1 unspecified atom stereocenters. The van der Waals surface area contributed by atoms with Crippen LogP contribution in [0.25, 0.3) is 0 Å². The minimum absolute atomic E-state index is 0.447. The van der Waals surface area contributed by atoms with Crippen LogP contribution in [0.5, 0.6) is 0 Å². The molecule has 0 radical (unpaired) electrons. The zero-order valence-electron chi connectivity index (χ0n) is 10.9. The Hall–Kier alpha value is -0.670. The van der Waals surface area contributed by atoms with Gasteiger partial charge in [0.05, 0.1) is 0 Å². The summed E-state index contributed by atoms with van der Waals surface area (Å²) >= 11 is 14.0. The Morgan fingerprint density at radius 3 is 2.85 bits per heavy atom. The quantitative estimate of drug-likeness (QED) is 0.852. The van der Waals surface area contributed by atoms with Crippen LogP contribution >= 0.6 is 35.0 Å². The molecule has 1 aliphatic heterocycles. The Balaban J connectivity index is 1.59. The van der Waals surface area contributed by atoms with Crippen LogP contribution in [0.1, 0.15) is 17.2 Å². The van der Waals surface area contributed by atoms with E-state index >= 15 is 0 Å². The molecular formula is C16H15Cl2NS. The predicted octanol–water partition coefficient (Wildman–Crippen LogP) is 4.97. The Kier molecular flexibility index (Phi) is 4.57. The summed E-state index contributed by atoms with van der Waals surface area (Å²) in [7, 11) is 0. The molecule has 0 saturated carbocycles. The maximum absolute atomic E-state index is 6.19. The molecule has 0 saturated heterocycles. The second-order valence-electron chi connectivity index (χ2n) is 4.84. The fourth-order valence-corrected chi connectivity index (χ4v) is 4.14. The first kappa shape index (κ1) is 14.3. The largest absolute Gasteiger partial charge is 0.309 e. The summed E-state index contributed by atoms with van der Waals surface area (Å²) < 4.78 is 0. The van der Waals surface area contributed by atoms with Crippen LogP contribution in [0.3, 0.4) is 0 Å². The van der Waals surface area contributed by atoms with E-state index in [0.717, 1.165) is 29.3 Å². The smallest absolute Gasteiger partial charge is 0.0453 e. The third-order valence-corrected chi connectivity index (χ3v) is 5.27. The van der Waals surface area contributed by atoms with Crippen molar-refractivity contribution in [1.82, 2.24) is 5.32 Å². The van der Waals surface area contributed by atoms with Crippen LogP contribution in [0.15, 0.2) is 47.4 Å². The molecule has 0 aliphatic carbocycles. The minimum Gasteiger partial charge on any atom is -0.309 e. The Labute approximate surface area is 133 Å². The maximum atomic E-state index is 6.19. The van der Waals surface area contributed by atoms with Crippen molar-refractivity contribution in [2.75, 3.05) is 12.3 Å². The molecule has 1 nitrogen and oxygen atoms in total. The van der Waals surface area contributed by atoms with Gasteiger partial charge in [0.25, 0.3) is 0 Å². The molecule has 1 heterocycles. The monoisotopic (exact) mass is 323 g/mol. The molecule has 0 fully saturated rings. The van der Waals surface area contributed by atoms with Crippen LogP contribution in [0, 0.1) is 0 Å². The number of halogens is 2. The highest BCUT2D eigenvalue weighted by molar-refractivity contribution is 7.99. The lowest BCUT2D eigenvalue weighted by atomic mass is 10.1. The fraction of sp³-hybridized carbons (Fsp3) is 0.250. The van der Waals surface area contributed by atoms with Crippen molar-refractivity contribution in [2.24, 2.45) is 0 Å². The lowest BCUT2D eigenvalue weighted by Gasteiger charge is -2.13. The van der Waals surface area contributed by atoms with Gasteiger partial charge < -0.3 is 5.32 Å². The standard InChI is InChI=1S/C16H15Cl2NS/c17-12-6-5-11(14(18)9-12)7-8-19-15-10-20-16-4-2-1-3-13(15)16/h1-6,9,15,19H,7-8,10H2. The number of hydrogen-bond donors (Lipinski definition) is 1. The average Bonchev–Trinajstić information content (AvgIpc) is 2.85. The topological polar surface area (TPSA) is 12.0 Å². The van der Waals surface area contributed by atoms with Gasteiger partial charge in [-0.3, -0.25) is 0 Å². The Morgan fingerprint density at radius 1 is 1.15 bits per heavy atom. The summed E-state index contributed by atoms with van der Waals surface area (Å²) in [6, 6.07) is 14.8. The first-order valence-corrected chi connectivity index (χ1v) is 8.37. The summed E-state index contributed by atoms with van der Waals surface area (Å²) in [6.45, 7) is 0.918. The normalized spacial score (nSPS) is 17.2. The van der Waals surface area contributed by atoms with Gasteiger partial charge in [0.1, 0.15) is 0 Å². The number of hydrogen-bond acceptors (Lipinski definition) is 2. The van der Waals surface area contributed by atoms with E-state index in [9.17, 15) is 0 Å². The Bertz CT molecular complexity index is 615. The van der Waals surface area contributed by atoms with Gasteiger partial charge in [-0.1, -0.05) is 47.5 Å². The van der Waals surface area contributed by atoms with Crippen LogP contribution in [0.4, 0.5) is 0 Å². The zero-order chi connectivity index (χ0) is 13.9. The van der Waals surface area contributed by atoms with Gasteiger partial charge in [0.15, 0.2) is 0 Å². The summed E-state index contributed by atoms with van der Waals surface area (Å²) in [5.41, 5.74) is 2.56. The number of nitrogens with one attached hydrogen (secondary N) is 1. The van der Waals surface area contributed by atoms with Crippen LogP contribution in [-0.2, 0) is 6.42 Å². The minimum atomic E-state index is 0.447. The highest BCUT2D eigenvalue weighted by atomic mass is 35.5. The van der Waals surface area contributed by atoms with Crippen molar-refractivity contribution in [3.63, 3.8) is 0 Å². The molecule has 0 aromatic heterocycles. The molecule has 2 aromatic carbocycles. The molecule has 0 spiro atoms. The molecular weight excluding hydrogens is 309 g/mol. The molecule has 0 amide bonds. The van der Waals surface area contributed by atoms with Crippen molar-refractivity contribution < 1.29 is 0 Å². The SMILES string of the molecule is Clc1ccc(CCNC2CSc3ccccc32)c(Cl)c1. The molecule has 1 atom stereocenters. The van der Waals surface area contributed by atoms with Gasteiger partial charge in [-0.05, 0) is 42.3 Å². The molecule has 0 bridgehead atoms. The number of benzene rings is 2. The molecule has 3 rings (SSSR count). The highest BCUT2D eigenvalue weighted by Gasteiger charge is 2.21. The summed E-state index contributed by atoms with van der Waals surface area (Å²) in [4.78, 5) is 1.40. The number of fused-ring (bicyclic) bond motifs is 1. The van der Waals surface area contributed by atoms with Crippen molar-refractivity contribution in [2.45, 2.75) is 17.4 Å². The zero-order valence-corrected chi connectivity index (χ0v) is 13.2. The highest BCUT2D eigenvalue weighted by Crippen LogP contribution is 2.37. The molecule has 1 aliphatic rings. The first-order valence-electron chi connectivity index (χ1n) is 6.63. The first-order chi connectivity index (χ1) is 9.74. The second kappa shape index (κ2) is 6.40. The van der Waals surface area contributed by atoms with E-state index in [4.69, 9.17) is 23.2 Å². The second-order valence-corrected chi connectivity index (χ2v) is 6.75. The molecule has 104 valence electrons. The predicted molar refractivity (Wildman–Crippen MR) is 88.1 cm³/mol. The van der Waals surface area contributed by atoms with E-state index in [1.54, 1.807) is 6.07 Å². The van der Waals surface area contributed by atoms with E-state index in [1.165, 1.54) is 10.5 Å². The van der Waals surface area contributed by atoms with E-state index in [-0.39, 0.29) is 0 Å². The van der Waals surface area contributed by atoms with Gasteiger partial charge in [0.2, 0.25) is 0 Å². The fourth-order valence-electron chi connectivity index (χ4n) is 2.44. The van der Waals surface area contributed by atoms with Crippen LogP contribution < -0.4 is 5.32 Å². The van der Waals surface area contributed by atoms with Crippen LogP contribution in [-0.4, -0.2) is 12.3 Å². The molecule has 4 heteroatoms. The average molecular weight is 324 g/mol. The van der Waals surface area contributed by atoms with E-state index in [1.807, 2.05) is 23.9 Å². The van der Waals surface area contributed by atoms with Crippen molar-refractivity contribution >= 4 is 35.0 Å². The van der Waals surface area contributed by atoms with E-state index < -0.39 is 0 Å². The third kappa shape index (κ3) is 3.15. The van der Waals surface area contributed by atoms with E-state index in [2.05, 4.69) is 29.6 Å². The van der Waals surface area contributed by atoms with Gasteiger partial charge in [0, 0.05) is 26.7 Å². The summed E-state index contributed by atoms with van der Waals surface area (Å²) in [6.07, 6.45) is 0.916. The van der Waals surface area contributed by atoms with Crippen molar-refractivity contribution in [3.05, 3.63) is 63.6 Å². The van der Waals surface area contributed by atoms with E-state index in [0.29, 0.717) is 11.1 Å². The van der Waals surface area contributed by atoms with Gasteiger partial charge in [-0.2, -0.15) is 0 Å². The lowest BCUT2D eigenvalue weighted by Crippen LogP contribution is -2.23. The molecule has 20 heavy (non-hydrogen) atoms. The summed E-state index contributed by atoms with van der Waals surface area (Å²) in [5.74, 6) is 1.10. The van der Waals surface area contributed by atoms with Crippen LogP contribution in [0.2, 0.25) is 10.0 Å². The van der Waals surface area contributed by atoms with Crippen molar-refractivity contribution in [1.29, 1.82) is 0 Å². The summed E-state index contributed by atoms with van der Waals surface area (Å²) in [5, 5.41) is 5.05. The maximum Gasteiger partial charge on any atom is 0.0453 e. The van der Waals surface area contributed by atoms with Gasteiger partial charge >= 0.3 is 0 Å². The number of thioether (sulfide) groups is 1. The number of rotatable bonds is 4. The van der Waals surface area contributed by atoms with Crippen molar-refractivity contribution in [3.8, 4) is 0 Å². The van der Waals surface area contributed by atoms with Gasteiger partial charge in [-0.15, -0.1) is 11.8 Å². The van der Waals surface area contributed by atoms with Gasteiger partial charge in [-0.25, -0.2) is 0 Å².